The lowest BCUT2D eigenvalue weighted by molar-refractivity contribution is -0.222. The number of allylic oxidation sites excluding steroid dienone is 2. The molecule has 1 N–H and O–H groups in total. The van der Waals surface area contributed by atoms with Crippen molar-refractivity contribution >= 4 is 23.3 Å². The molecule has 0 bridgehead atoms. The first kappa shape index (κ1) is 31.5. The van der Waals surface area contributed by atoms with Gasteiger partial charge in [-0.1, -0.05) is 59.2 Å². The van der Waals surface area contributed by atoms with Crippen LogP contribution >= 0.6 is 0 Å². The summed E-state index contributed by atoms with van der Waals surface area (Å²) in [4.78, 5) is 37.8. The zero-order chi connectivity index (χ0) is 32.1. The van der Waals surface area contributed by atoms with Crippen LogP contribution in [0.2, 0.25) is 0 Å². The minimum absolute atomic E-state index is 0.0133. The Bertz CT molecular complexity index is 1400. The van der Waals surface area contributed by atoms with E-state index in [9.17, 15) is 19.5 Å². The van der Waals surface area contributed by atoms with Crippen molar-refractivity contribution in [2.45, 2.75) is 125 Å². The average molecular weight is 603 g/mol. The predicted octanol–water partition coefficient (Wildman–Crippen LogP) is 9.14. The van der Waals surface area contributed by atoms with Gasteiger partial charge in [-0.2, -0.15) is 0 Å². The summed E-state index contributed by atoms with van der Waals surface area (Å²) in [5.74, 6) is -0.238. The molecular formula is C39H54O5. The zero-order valence-corrected chi connectivity index (χ0v) is 28.3. The first-order chi connectivity index (χ1) is 20.4. The third-order valence-corrected chi connectivity index (χ3v) is 14.4. The van der Waals surface area contributed by atoms with Crippen molar-refractivity contribution in [2.24, 2.45) is 50.7 Å². The normalized spacial score (nSPS) is 40.9. The van der Waals surface area contributed by atoms with E-state index in [1.165, 1.54) is 30.4 Å². The molecule has 4 saturated carbocycles. The lowest BCUT2D eigenvalue weighted by Crippen LogP contribution is -2.65. The van der Waals surface area contributed by atoms with Gasteiger partial charge in [-0.25, -0.2) is 9.59 Å². The number of benzene rings is 1. The van der Waals surface area contributed by atoms with Gasteiger partial charge in [0.05, 0.1) is 5.56 Å². The molecule has 0 spiro atoms. The Kier molecular flexibility index (Phi) is 7.19. The number of hydrogen-bond acceptors (Lipinski definition) is 4. The molecule has 0 heterocycles. The highest BCUT2D eigenvalue weighted by Crippen LogP contribution is 2.77. The largest absolute Gasteiger partial charge is 0.475 e. The van der Waals surface area contributed by atoms with Crippen LogP contribution in [0.1, 0.15) is 136 Å². The molecule has 5 aliphatic rings. The molecule has 5 heteroatoms. The fourth-order valence-electron chi connectivity index (χ4n) is 12.4. The van der Waals surface area contributed by atoms with Crippen LogP contribution in [0.3, 0.4) is 0 Å². The van der Waals surface area contributed by atoms with Crippen molar-refractivity contribution in [1.82, 2.24) is 0 Å². The van der Waals surface area contributed by atoms with E-state index in [1.54, 1.807) is 0 Å². The lowest BCUT2D eigenvalue weighted by atomic mass is 9.32. The van der Waals surface area contributed by atoms with Crippen molar-refractivity contribution in [2.75, 3.05) is 0 Å². The van der Waals surface area contributed by atoms with Gasteiger partial charge in [0.15, 0.2) is 0 Å². The van der Waals surface area contributed by atoms with E-state index in [0.29, 0.717) is 23.3 Å². The van der Waals surface area contributed by atoms with Crippen LogP contribution < -0.4 is 0 Å². The summed E-state index contributed by atoms with van der Waals surface area (Å²) in [6, 6.07) is 8.02. The number of carbonyl (C=O) groups is 3. The summed E-state index contributed by atoms with van der Waals surface area (Å²) >= 11 is 0. The quantitative estimate of drug-likeness (QED) is 0.275. The molecule has 5 aliphatic carbocycles. The summed E-state index contributed by atoms with van der Waals surface area (Å²) in [6.07, 6.45) is 12.7. The molecular weight excluding hydrogens is 548 g/mol. The van der Waals surface area contributed by atoms with Crippen LogP contribution in [-0.4, -0.2) is 28.4 Å². The molecule has 0 saturated heterocycles. The SMILES string of the molecule is CC(C)(C)OC(=O)c1ccc(C2=CC[C@@]3(C)C(CC[C@]4(C)[C@@H]3CC[C@@H]3[C@H]5CCC[C@]5(C(=O)C(=O)O)CC[C@]34C)C2(C)C)cc1. The zero-order valence-electron chi connectivity index (χ0n) is 28.3. The van der Waals surface area contributed by atoms with Gasteiger partial charge in [0.2, 0.25) is 5.78 Å². The number of carboxylic acids is 1. The minimum atomic E-state index is -1.22. The highest BCUT2D eigenvalue weighted by atomic mass is 16.6. The Balaban J connectivity index is 1.29. The number of fused-ring (bicyclic) bond motifs is 7. The van der Waals surface area contributed by atoms with E-state index in [1.807, 2.05) is 32.9 Å². The predicted molar refractivity (Wildman–Crippen MR) is 173 cm³/mol. The number of carbonyl (C=O) groups excluding carboxylic acids is 2. The van der Waals surface area contributed by atoms with Gasteiger partial charge in [-0.05, 0) is 147 Å². The van der Waals surface area contributed by atoms with Crippen LogP contribution in [0.25, 0.3) is 5.57 Å². The molecule has 1 aromatic rings. The van der Waals surface area contributed by atoms with Crippen molar-refractivity contribution in [3.05, 3.63) is 41.5 Å². The molecule has 5 nitrogen and oxygen atoms in total. The summed E-state index contributed by atoms with van der Waals surface area (Å²) < 4.78 is 5.59. The first-order valence-electron chi connectivity index (χ1n) is 17.2. The summed E-state index contributed by atoms with van der Waals surface area (Å²) in [5.41, 5.74) is 2.46. The number of carboxylic acid groups (broad SMARTS) is 1. The number of hydrogen-bond donors (Lipinski definition) is 1. The van der Waals surface area contributed by atoms with Crippen LogP contribution in [0, 0.1) is 50.7 Å². The fraction of sp³-hybridized carbons (Fsp3) is 0.718. The number of esters is 1. The Morgan fingerprint density at radius 3 is 2.11 bits per heavy atom. The summed E-state index contributed by atoms with van der Waals surface area (Å²) in [7, 11) is 0. The second kappa shape index (κ2) is 10.0. The Hall–Kier alpha value is -2.43. The minimum Gasteiger partial charge on any atom is -0.475 e. The maximum atomic E-state index is 13.2. The smallest absolute Gasteiger partial charge is 0.372 e. The second-order valence-electron chi connectivity index (χ2n) is 17.6. The standard InChI is InChI=1S/C39H54O5/c1-34(2,3)44-33(43)25-13-11-24(12-14-25)26-17-20-36(6)29(35(26,4)5)18-21-38(8)30(36)16-15-27-28-10-9-19-39(28,31(40)32(41)42)23-22-37(27,38)7/h11-14,17,27-30H,9-10,15-16,18-23H2,1-8H3,(H,41,42)/t27-,28-,29?,30-,36+,37-,38-,39+/m1/s1. The molecule has 8 atom stereocenters. The third kappa shape index (κ3) is 4.33. The van der Waals surface area contributed by atoms with Gasteiger partial charge in [0.1, 0.15) is 5.60 Å². The molecule has 1 unspecified atom stereocenters. The molecule has 6 rings (SSSR count). The van der Waals surface area contributed by atoms with Crippen molar-refractivity contribution in [3.8, 4) is 0 Å². The van der Waals surface area contributed by atoms with Gasteiger partial charge >= 0.3 is 11.9 Å². The summed E-state index contributed by atoms with van der Waals surface area (Å²) in [6.45, 7) is 18.2. The molecule has 44 heavy (non-hydrogen) atoms. The Morgan fingerprint density at radius 1 is 0.795 bits per heavy atom. The molecule has 4 fully saturated rings. The van der Waals surface area contributed by atoms with Crippen LogP contribution in [-0.2, 0) is 14.3 Å². The lowest BCUT2D eigenvalue weighted by Gasteiger charge is -2.72. The van der Waals surface area contributed by atoms with E-state index >= 15 is 0 Å². The van der Waals surface area contributed by atoms with Gasteiger partial charge < -0.3 is 9.84 Å². The average Bonchev–Trinajstić information content (AvgIpc) is 3.37. The maximum absolute atomic E-state index is 13.2. The molecule has 0 amide bonds. The van der Waals surface area contributed by atoms with Crippen LogP contribution in [0.4, 0.5) is 0 Å². The van der Waals surface area contributed by atoms with E-state index in [4.69, 9.17) is 4.74 Å². The number of ether oxygens (including phenoxy) is 1. The van der Waals surface area contributed by atoms with Gasteiger partial charge in [0, 0.05) is 5.41 Å². The van der Waals surface area contributed by atoms with E-state index in [-0.39, 0.29) is 33.5 Å². The van der Waals surface area contributed by atoms with Gasteiger partial charge in [0.25, 0.3) is 0 Å². The summed E-state index contributed by atoms with van der Waals surface area (Å²) in [5, 5.41) is 9.79. The second-order valence-corrected chi connectivity index (χ2v) is 17.6. The van der Waals surface area contributed by atoms with E-state index in [2.05, 4.69) is 52.8 Å². The molecule has 1 aromatic carbocycles. The topological polar surface area (TPSA) is 80.7 Å². The number of rotatable bonds is 4. The highest BCUT2D eigenvalue weighted by molar-refractivity contribution is 6.35. The highest BCUT2D eigenvalue weighted by Gasteiger charge is 2.70. The Morgan fingerprint density at radius 2 is 1.48 bits per heavy atom. The monoisotopic (exact) mass is 602 g/mol. The van der Waals surface area contributed by atoms with Crippen LogP contribution in [0.5, 0.6) is 0 Å². The van der Waals surface area contributed by atoms with E-state index in [0.717, 1.165) is 44.9 Å². The van der Waals surface area contributed by atoms with Crippen LogP contribution in [0.15, 0.2) is 30.3 Å². The van der Waals surface area contributed by atoms with Crippen molar-refractivity contribution in [1.29, 1.82) is 0 Å². The molecule has 240 valence electrons. The van der Waals surface area contributed by atoms with E-state index < -0.39 is 22.8 Å². The fourth-order valence-corrected chi connectivity index (χ4v) is 12.4. The van der Waals surface area contributed by atoms with Crippen molar-refractivity contribution in [3.63, 3.8) is 0 Å². The maximum Gasteiger partial charge on any atom is 0.372 e. The van der Waals surface area contributed by atoms with Crippen molar-refractivity contribution < 1.29 is 24.2 Å². The third-order valence-electron chi connectivity index (χ3n) is 14.4. The molecule has 0 aliphatic heterocycles. The molecule has 0 aromatic heterocycles. The van der Waals surface area contributed by atoms with Gasteiger partial charge in [-0.3, -0.25) is 4.79 Å². The van der Waals surface area contributed by atoms with Gasteiger partial charge in [-0.15, -0.1) is 0 Å². The number of aliphatic carboxylic acids is 1. The number of ketones is 1. The Labute approximate surface area is 264 Å². The number of Topliss-reactive ketones (excluding diaryl/α,β-unsaturated/α-hetero) is 1. The first-order valence-corrected chi connectivity index (χ1v) is 17.2. The molecule has 0 radical (unpaired) electrons.